The molecule has 4 rings (SSSR count). The van der Waals surface area contributed by atoms with Crippen molar-refractivity contribution in [2.24, 2.45) is 5.73 Å². The molecule has 4 aromatic rings. The van der Waals surface area contributed by atoms with Gasteiger partial charge >= 0.3 is 0 Å². The number of hydrogen-bond donors (Lipinski definition) is 1. The summed E-state index contributed by atoms with van der Waals surface area (Å²) in [5, 5.41) is 5.26. The molecule has 0 aliphatic heterocycles. The van der Waals surface area contributed by atoms with Crippen molar-refractivity contribution in [2.75, 3.05) is 13.7 Å². The van der Waals surface area contributed by atoms with Gasteiger partial charge in [-0.15, -0.1) is 5.10 Å². The van der Waals surface area contributed by atoms with E-state index in [9.17, 15) is 0 Å². The van der Waals surface area contributed by atoms with Gasteiger partial charge in [-0.2, -0.15) is 0 Å². The SMILES string of the molecule is COc1nccc2oc(-c3cnc4ccc(OCC(C)N)nn34)cc12. The molecule has 8 nitrogen and oxygen atoms in total. The van der Waals surface area contributed by atoms with Crippen molar-refractivity contribution in [1.29, 1.82) is 0 Å². The molecule has 4 aromatic heterocycles. The Labute approximate surface area is 143 Å². The Morgan fingerprint density at radius 1 is 1.28 bits per heavy atom. The van der Waals surface area contributed by atoms with E-state index in [1.807, 2.05) is 19.1 Å². The van der Waals surface area contributed by atoms with Crippen LogP contribution in [0.5, 0.6) is 11.8 Å². The lowest BCUT2D eigenvalue weighted by atomic mass is 10.3. The molecule has 0 fully saturated rings. The van der Waals surface area contributed by atoms with Crippen LogP contribution >= 0.6 is 0 Å². The number of nitrogens with two attached hydrogens (primary N) is 1. The fourth-order valence-corrected chi connectivity index (χ4v) is 2.55. The molecule has 0 spiro atoms. The first kappa shape index (κ1) is 15.4. The fraction of sp³-hybridized carbons (Fsp3) is 0.235. The zero-order valence-corrected chi connectivity index (χ0v) is 13.8. The number of aromatic nitrogens is 4. The monoisotopic (exact) mass is 339 g/mol. The van der Waals surface area contributed by atoms with Crippen LogP contribution in [0.2, 0.25) is 0 Å². The van der Waals surface area contributed by atoms with Gasteiger partial charge < -0.3 is 19.6 Å². The number of methoxy groups -OCH3 is 1. The van der Waals surface area contributed by atoms with E-state index in [1.165, 1.54) is 0 Å². The molecule has 0 saturated carbocycles. The van der Waals surface area contributed by atoms with E-state index in [2.05, 4.69) is 15.1 Å². The minimum absolute atomic E-state index is 0.0740. The van der Waals surface area contributed by atoms with E-state index in [0.717, 1.165) is 5.39 Å². The normalized spacial score (nSPS) is 12.6. The van der Waals surface area contributed by atoms with Crippen molar-refractivity contribution in [3.05, 3.63) is 36.7 Å². The Hall–Kier alpha value is -3.13. The predicted octanol–water partition coefficient (Wildman–Crippen LogP) is 2.27. The summed E-state index contributed by atoms with van der Waals surface area (Å²) in [5.41, 5.74) is 7.80. The van der Waals surface area contributed by atoms with Crippen molar-refractivity contribution in [2.45, 2.75) is 13.0 Å². The van der Waals surface area contributed by atoms with Gasteiger partial charge in [0.2, 0.25) is 11.8 Å². The molecule has 0 saturated heterocycles. The molecule has 0 aromatic carbocycles. The van der Waals surface area contributed by atoms with Crippen LogP contribution in [0.4, 0.5) is 0 Å². The lowest BCUT2D eigenvalue weighted by Crippen LogP contribution is -2.24. The summed E-state index contributed by atoms with van der Waals surface area (Å²) in [5.74, 6) is 1.60. The Balaban J connectivity index is 1.79. The minimum Gasteiger partial charge on any atom is -0.480 e. The highest BCUT2D eigenvalue weighted by atomic mass is 16.5. The molecule has 128 valence electrons. The van der Waals surface area contributed by atoms with Crippen LogP contribution in [0.15, 0.2) is 41.1 Å². The molecule has 0 radical (unpaired) electrons. The molecule has 0 aliphatic carbocycles. The summed E-state index contributed by atoms with van der Waals surface area (Å²) < 4.78 is 18.5. The highest BCUT2D eigenvalue weighted by molar-refractivity contribution is 5.86. The summed E-state index contributed by atoms with van der Waals surface area (Å²) in [6, 6.07) is 7.17. The van der Waals surface area contributed by atoms with Crippen molar-refractivity contribution in [3.8, 4) is 23.2 Å². The average Bonchev–Trinajstić information content (AvgIpc) is 3.22. The first-order valence-corrected chi connectivity index (χ1v) is 7.82. The van der Waals surface area contributed by atoms with E-state index in [0.29, 0.717) is 41.1 Å². The third kappa shape index (κ3) is 2.76. The topological polar surface area (TPSA) is 101 Å². The Kier molecular flexibility index (Phi) is 3.73. The summed E-state index contributed by atoms with van der Waals surface area (Å²) >= 11 is 0. The lowest BCUT2D eigenvalue weighted by molar-refractivity contribution is 0.281. The maximum Gasteiger partial charge on any atom is 0.231 e. The number of imidazole rings is 1. The fourth-order valence-electron chi connectivity index (χ4n) is 2.55. The molecule has 4 heterocycles. The lowest BCUT2D eigenvalue weighted by Gasteiger charge is -2.08. The van der Waals surface area contributed by atoms with Crippen LogP contribution < -0.4 is 15.2 Å². The van der Waals surface area contributed by atoms with Crippen molar-refractivity contribution in [1.82, 2.24) is 19.6 Å². The van der Waals surface area contributed by atoms with Crippen molar-refractivity contribution in [3.63, 3.8) is 0 Å². The molecule has 0 bridgehead atoms. The minimum atomic E-state index is -0.0740. The molecular weight excluding hydrogens is 322 g/mol. The van der Waals surface area contributed by atoms with Crippen LogP contribution in [-0.2, 0) is 0 Å². The zero-order chi connectivity index (χ0) is 17.4. The van der Waals surface area contributed by atoms with Crippen LogP contribution in [-0.4, -0.2) is 39.3 Å². The smallest absolute Gasteiger partial charge is 0.231 e. The first-order valence-electron chi connectivity index (χ1n) is 7.82. The summed E-state index contributed by atoms with van der Waals surface area (Å²) in [4.78, 5) is 8.54. The van der Waals surface area contributed by atoms with Gasteiger partial charge in [0.1, 0.15) is 17.9 Å². The molecule has 1 atom stereocenters. The number of rotatable bonds is 5. The van der Waals surface area contributed by atoms with Crippen molar-refractivity contribution >= 4 is 16.6 Å². The third-order valence-corrected chi connectivity index (χ3v) is 3.69. The molecular formula is C17H17N5O3. The summed E-state index contributed by atoms with van der Waals surface area (Å²) in [7, 11) is 1.58. The maximum absolute atomic E-state index is 5.92. The van der Waals surface area contributed by atoms with Crippen LogP contribution in [0.3, 0.4) is 0 Å². The highest BCUT2D eigenvalue weighted by Gasteiger charge is 2.15. The number of fused-ring (bicyclic) bond motifs is 2. The number of ether oxygens (including phenoxy) is 2. The molecule has 25 heavy (non-hydrogen) atoms. The van der Waals surface area contributed by atoms with Crippen LogP contribution in [0, 0.1) is 0 Å². The van der Waals surface area contributed by atoms with E-state index in [4.69, 9.17) is 19.6 Å². The molecule has 8 heteroatoms. The first-order chi connectivity index (χ1) is 12.2. The largest absolute Gasteiger partial charge is 0.480 e. The zero-order valence-electron chi connectivity index (χ0n) is 13.8. The van der Waals surface area contributed by atoms with Crippen molar-refractivity contribution < 1.29 is 13.9 Å². The molecule has 0 aliphatic rings. The Bertz CT molecular complexity index is 1040. The Morgan fingerprint density at radius 2 is 2.16 bits per heavy atom. The number of nitrogens with zero attached hydrogens (tertiary/aromatic N) is 4. The van der Waals surface area contributed by atoms with E-state index < -0.39 is 0 Å². The molecule has 0 amide bonds. The second-order valence-corrected chi connectivity index (χ2v) is 5.72. The van der Waals surface area contributed by atoms with Gasteiger partial charge in [-0.05, 0) is 19.1 Å². The van der Waals surface area contributed by atoms with Gasteiger partial charge in [-0.3, -0.25) is 0 Å². The quantitative estimate of drug-likeness (QED) is 0.595. The summed E-state index contributed by atoms with van der Waals surface area (Å²) in [6.07, 6.45) is 3.34. The van der Waals surface area contributed by atoms with Gasteiger partial charge in [0.15, 0.2) is 11.4 Å². The molecule has 1 unspecified atom stereocenters. The molecule has 2 N–H and O–H groups in total. The van der Waals surface area contributed by atoms with E-state index in [1.54, 1.807) is 36.2 Å². The Morgan fingerprint density at radius 3 is 2.96 bits per heavy atom. The van der Waals surface area contributed by atoms with E-state index >= 15 is 0 Å². The second-order valence-electron chi connectivity index (χ2n) is 5.72. The van der Waals surface area contributed by atoms with E-state index in [-0.39, 0.29) is 6.04 Å². The summed E-state index contributed by atoms with van der Waals surface area (Å²) in [6.45, 7) is 2.26. The predicted molar refractivity (Wildman–Crippen MR) is 91.7 cm³/mol. The maximum atomic E-state index is 5.92. The average molecular weight is 339 g/mol. The van der Waals surface area contributed by atoms with Crippen LogP contribution in [0.1, 0.15) is 6.92 Å². The number of hydrogen-bond acceptors (Lipinski definition) is 7. The standard InChI is InChI=1S/C17H17N5O3/c1-10(18)9-24-16-4-3-15-20-8-12(22(15)21-16)14-7-11-13(25-14)5-6-19-17(11)23-2/h3-8,10H,9,18H2,1-2H3. The van der Waals surface area contributed by atoms with Gasteiger partial charge in [-0.25, -0.2) is 14.5 Å². The number of pyridine rings is 1. The van der Waals surface area contributed by atoms with Gasteiger partial charge in [0, 0.05) is 24.4 Å². The highest BCUT2D eigenvalue weighted by Crippen LogP contribution is 2.32. The van der Waals surface area contributed by atoms with Gasteiger partial charge in [-0.1, -0.05) is 0 Å². The van der Waals surface area contributed by atoms with Gasteiger partial charge in [0.05, 0.1) is 18.7 Å². The second kappa shape index (κ2) is 6.06. The number of furan rings is 1. The van der Waals surface area contributed by atoms with Gasteiger partial charge in [0.25, 0.3) is 0 Å². The van der Waals surface area contributed by atoms with Crippen LogP contribution in [0.25, 0.3) is 28.1 Å². The third-order valence-electron chi connectivity index (χ3n) is 3.69.